The molecule has 2 rings (SSSR count). The Hall–Kier alpha value is -2.28. The van der Waals surface area contributed by atoms with Crippen LogP contribution in [0.25, 0.3) is 11.3 Å². The summed E-state index contributed by atoms with van der Waals surface area (Å²) in [5.74, 6) is -1.67. The summed E-state index contributed by atoms with van der Waals surface area (Å²) in [5.41, 5.74) is 0.551. The van der Waals surface area contributed by atoms with Gasteiger partial charge >= 0.3 is 0 Å². The van der Waals surface area contributed by atoms with Crippen molar-refractivity contribution >= 4 is 0 Å². The number of hydrogen-bond donors (Lipinski definition) is 0. The first-order chi connectivity index (χ1) is 10.1. The molecule has 1 aromatic heterocycles. The van der Waals surface area contributed by atoms with Crippen molar-refractivity contribution in [2.75, 3.05) is 0 Å². The van der Waals surface area contributed by atoms with E-state index in [0.717, 1.165) is 0 Å². The SMILES string of the molecule is CCC.CCc1cc(F)c(C#N)c(F)c1-c1ccccn1. The molecule has 0 fully saturated rings. The lowest BCUT2D eigenvalue weighted by molar-refractivity contribution is 0.576. The number of benzene rings is 1. The van der Waals surface area contributed by atoms with E-state index in [1.165, 1.54) is 18.7 Å². The number of aryl methyl sites for hydroxylation is 1. The van der Waals surface area contributed by atoms with Crippen molar-refractivity contribution in [3.05, 3.63) is 53.2 Å². The zero-order valence-corrected chi connectivity index (χ0v) is 12.5. The van der Waals surface area contributed by atoms with Gasteiger partial charge in [-0.25, -0.2) is 8.78 Å². The van der Waals surface area contributed by atoms with Crippen molar-refractivity contribution in [2.45, 2.75) is 33.6 Å². The Balaban J connectivity index is 0.000000677. The van der Waals surface area contributed by atoms with Crippen LogP contribution in [0.3, 0.4) is 0 Å². The maximum Gasteiger partial charge on any atom is 0.153 e. The molecule has 0 aliphatic rings. The van der Waals surface area contributed by atoms with Gasteiger partial charge in [-0.05, 0) is 30.2 Å². The highest BCUT2D eigenvalue weighted by atomic mass is 19.1. The van der Waals surface area contributed by atoms with Crippen molar-refractivity contribution in [3.8, 4) is 17.3 Å². The second-order valence-electron chi connectivity index (χ2n) is 4.47. The number of aromatic nitrogens is 1. The summed E-state index contributed by atoms with van der Waals surface area (Å²) in [6.45, 7) is 6.05. The molecule has 21 heavy (non-hydrogen) atoms. The quantitative estimate of drug-likeness (QED) is 0.790. The smallest absolute Gasteiger partial charge is 0.153 e. The molecule has 0 bridgehead atoms. The van der Waals surface area contributed by atoms with E-state index in [1.807, 2.05) is 0 Å². The van der Waals surface area contributed by atoms with Gasteiger partial charge in [0.15, 0.2) is 5.82 Å². The van der Waals surface area contributed by atoms with E-state index in [4.69, 9.17) is 5.26 Å². The predicted octanol–water partition coefficient (Wildman–Crippen LogP) is 4.88. The summed E-state index contributed by atoms with van der Waals surface area (Å²) in [6, 6.07) is 7.81. The summed E-state index contributed by atoms with van der Waals surface area (Å²) >= 11 is 0. The maximum atomic E-state index is 14.2. The van der Waals surface area contributed by atoms with Crippen LogP contribution >= 0.6 is 0 Å². The second-order valence-corrected chi connectivity index (χ2v) is 4.47. The Morgan fingerprint density at radius 2 is 1.86 bits per heavy atom. The summed E-state index contributed by atoms with van der Waals surface area (Å²) in [7, 11) is 0. The zero-order chi connectivity index (χ0) is 15.8. The third-order valence-electron chi connectivity index (χ3n) is 2.71. The maximum absolute atomic E-state index is 14.2. The standard InChI is InChI=1S/C14H10F2N2.C3H8/c1-2-9-7-11(15)10(8-17)14(16)13(9)12-5-3-4-6-18-12;1-3-2/h3-7H,2H2,1H3;3H2,1-2H3. The molecule has 4 heteroatoms. The first-order valence-corrected chi connectivity index (χ1v) is 6.92. The first-order valence-electron chi connectivity index (χ1n) is 6.92. The minimum absolute atomic E-state index is 0.205. The molecule has 0 unspecified atom stereocenters. The van der Waals surface area contributed by atoms with Gasteiger partial charge in [0, 0.05) is 11.8 Å². The van der Waals surface area contributed by atoms with E-state index >= 15 is 0 Å². The second kappa shape index (κ2) is 8.11. The monoisotopic (exact) mass is 288 g/mol. The molecule has 0 saturated heterocycles. The highest BCUT2D eigenvalue weighted by Gasteiger charge is 2.19. The third-order valence-corrected chi connectivity index (χ3v) is 2.71. The molecule has 0 saturated carbocycles. The van der Waals surface area contributed by atoms with Gasteiger partial charge in [-0.15, -0.1) is 0 Å². The molecule has 1 heterocycles. The van der Waals surface area contributed by atoms with E-state index in [-0.39, 0.29) is 5.56 Å². The molecule has 0 aliphatic heterocycles. The van der Waals surface area contributed by atoms with Crippen LogP contribution in [0.15, 0.2) is 30.5 Å². The lowest BCUT2D eigenvalue weighted by Crippen LogP contribution is -2.00. The van der Waals surface area contributed by atoms with Crippen molar-refractivity contribution in [3.63, 3.8) is 0 Å². The summed E-state index contributed by atoms with van der Waals surface area (Å²) in [4.78, 5) is 4.05. The van der Waals surface area contributed by atoms with Crippen LogP contribution in [0.2, 0.25) is 0 Å². The Labute approximate surface area is 124 Å². The number of nitrogens with zero attached hydrogens (tertiary/aromatic N) is 2. The average molecular weight is 288 g/mol. The normalized spacial score (nSPS) is 9.52. The molecule has 0 spiro atoms. The molecular formula is C17H18F2N2. The Kier molecular flexibility index (Phi) is 6.48. The van der Waals surface area contributed by atoms with Crippen molar-refractivity contribution in [1.29, 1.82) is 5.26 Å². The number of pyridine rings is 1. The average Bonchev–Trinajstić information content (AvgIpc) is 2.48. The molecule has 1 aromatic carbocycles. The molecular weight excluding hydrogens is 270 g/mol. The summed E-state index contributed by atoms with van der Waals surface area (Å²) in [5, 5.41) is 8.78. The van der Waals surface area contributed by atoms with Gasteiger partial charge in [0.2, 0.25) is 0 Å². The zero-order valence-electron chi connectivity index (χ0n) is 12.5. The van der Waals surface area contributed by atoms with Crippen LogP contribution < -0.4 is 0 Å². The van der Waals surface area contributed by atoms with Gasteiger partial charge < -0.3 is 0 Å². The molecule has 2 aromatic rings. The van der Waals surface area contributed by atoms with Crippen LogP contribution in [0.4, 0.5) is 8.78 Å². The fraction of sp³-hybridized carbons (Fsp3) is 0.294. The lowest BCUT2D eigenvalue weighted by Gasteiger charge is -2.10. The molecule has 110 valence electrons. The summed E-state index contributed by atoms with van der Waals surface area (Å²) < 4.78 is 27.7. The van der Waals surface area contributed by atoms with Gasteiger partial charge in [-0.1, -0.05) is 33.3 Å². The van der Waals surface area contributed by atoms with Crippen LogP contribution in [0.5, 0.6) is 0 Å². The van der Waals surface area contributed by atoms with E-state index < -0.39 is 17.2 Å². The minimum Gasteiger partial charge on any atom is -0.256 e. The van der Waals surface area contributed by atoms with Crippen LogP contribution in [0, 0.1) is 23.0 Å². The van der Waals surface area contributed by atoms with Gasteiger partial charge in [0.1, 0.15) is 17.4 Å². The molecule has 0 aliphatic carbocycles. The van der Waals surface area contributed by atoms with E-state index in [0.29, 0.717) is 17.7 Å². The molecule has 0 atom stereocenters. The molecule has 2 nitrogen and oxygen atoms in total. The Morgan fingerprint density at radius 1 is 1.19 bits per heavy atom. The van der Waals surface area contributed by atoms with Gasteiger partial charge in [-0.2, -0.15) is 5.26 Å². The number of nitriles is 1. The van der Waals surface area contributed by atoms with Gasteiger partial charge in [0.05, 0.1) is 5.69 Å². The number of halogens is 2. The Morgan fingerprint density at radius 3 is 2.33 bits per heavy atom. The first kappa shape index (κ1) is 16.8. The highest BCUT2D eigenvalue weighted by Crippen LogP contribution is 2.29. The van der Waals surface area contributed by atoms with E-state index in [1.54, 1.807) is 31.2 Å². The molecule has 0 radical (unpaired) electrons. The fourth-order valence-corrected chi connectivity index (χ4v) is 1.84. The third kappa shape index (κ3) is 3.85. The largest absolute Gasteiger partial charge is 0.256 e. The van der Waals surface area contributed by atoms with E-state index in [2.05, 4.69) is 18.8 Å². The molecule has 0 amide bonds. The van der Waals surface area contributed by atoms with Gasteiger partial charge in [0.25, 0.3) is 0 Å². The number of rotatable bonds is 2. The fourth-order valence-electron chi connectivity index (χ4n) is 1.84. The topological polar surface area (TPSA) is 36.7 Å². The van der Waals surface area contributed by atoms with E-state index in [9.17, 15) is 8.78 Å². The summed E-state index contributed by atoms with van der Waals surface area (Å²) in [6.07, 6.45) is 3.25. The Bertz CT molecular complexity index is 631. The van der Waals surface area contributed by atoms with Crippen molar-refractivity contribution < 1.29 is 8.78 Å². The van der Waals surface area contributed by atoms with Gasteiger partial charge in [-0.3, -0.25) is 4.98 Å². The van der Waals surface area contributed by atoms with Crippen LogP contribution in [0.1, 0.15) is 38.3 Å². The van der Waals surface area contributed by atoms with Crippen LogP contribution in [-0.4, -0.2) is 4.98 Å². The predicted molar refractivity (Wildman–Crippen MR) is 79.6 cm³/mol. The van der Waals surface area contributed by atoms with Crippen molar-refractivity contribution in [1.82, 2.24) is 4.98 Å². The molecule has 0 N–H and O–H groups in total. The van der Waals surface area contributed by atoms with Crippen LogP contribution in [-0.2, 0) is 6.42 Å². The number of hydrogen-bond acceptors (Lipinski definition) is 2. The lowest BCUT2D eigenvalue weighted by atomic mass is 9.98. The highest BCUT2D eigenvalue weighted by molar-refractivity contribution is 5.67. The van der Waals surface area contributed by atoms with Crippen molar-refractivity contribution in [2.24, 2.45) is 0 Å². The minimum atomic E-state index is -0.840.